The molecule has 0 saturated carbocycles. The minimum absolute atomic E-state index is 0.0645. The van der Waals surface area contributed by atoms with Crippen LogP contribution in [0.3, 0.4) is 0 Å². The number of nitrogens with one attached hydrogen (secondary N) is 1. The van der Waals surface area contributed by atoms with Gasteiger partial charge in [0.2, 0.25) is 0 Å². The number of non-ortho nitro benzene ring substituents is 1. The number of rotatable bonds is 6. The number of benzene rings is 2. The quantitative estimate of drug-likeness (QED) is 0.257. The van der Waals surface area contributed by atoms with E-state index in [1.165, 1.54) is 23.9 Å². The van der Waals surface area contributed by atoms with Crippen LogP contribution in [0.2, 0.25) is 0 Å². The molecule has 1 amide bonds. The van der Waals surface area contributed by atoms with Gasteiger partial charge in [0.05, 0.1) is 4.92 Å². The van der Waals surface area contributed by atoms with E-state index in [2.05, 4.69) is 21.2 Å². The zero-order valence-electron chi connectivity index (χ0n) is 13.8. The van der Waals surface area contributed by atoms with Crippen LogP contribution < -0.4 is 5.32 Å². The lowest BCUT2D eigenvalue weighted by atomic mass is 10.1. The van der Waals surface area contributed by atoms with Crippen LogP contribution >= 0.6 is 27.7 Å². The van der Waals surface area contributed by atoms with Gasteiger partial charge in [0.25, 0.3) is 11.6 Å². The number of halogens is 1. The zero-order chi connectivity index (χ0) is 18.7. The average Bonchev–Trinajstić information content (AvgIpc) is 2.95. The molecule has 0 atom stereocenters. The van der Waals surface area contributed by atoms with Crippen LogP contribution in [0.1, 0.15) is 16.1 Å². The van der Waals surface area contributed by atoms with Crippen LogP contribution in [0.25, 0.3) is 11.0 Å². The van der Waals surface area contributed by atoms with E-state index in [9.17, 15) is 14.9 Å². The van der Waals surface area contributed by atoms with Crippen molar-refractivity contribution in [3.63, 3.8) is 0 Å². The maximum atomic E-state index is 12.4. The molecule has 0 fully saturated rings. The minimum Gasteiger partial charge on any atom is -0.451 e. The molecule has 1 N–H and O–H groups in total. The van der Waals surface area contributed by atoms with Gasteiger partial charge in [-0.2, -0.15) is 0 Å². The van der Waals surface area contributed by atoms with E-state index in [1.807, 2.05) is 25.1 Å². The molecule has 0 bridgehead atoms. The molecule has 1 aromatic heterocycles. The second-order valence-electron chi connectivity index (χ2n) is 5.55. The predicted molar refractivity (Wildman–Crippen MR) is 105 cm³/mol. The second-order valence-corrected chi connectivity index (χ2v) is 7.64. The van der Waals surface area contributed by atoms with Crippen molar-refractivity contribution >= 4 is 50.3 Å². The van der Waals surface area contributed by atoms with Crippen LogP contribution in [0, 0.1) is 17.0 Å². The predicted octanol–water partition coefficient (Wildman–Crippen LogP) is 4.93. The number of carbonyl (C=O) groups excluding carboxylic acids is 1. The molecule has 0 aliphatic heterocycles. The lowest BCUT2D eigenvalue weighted by Crippen LogP contribution is -2.25. The molecule has 0 spiro atoms. The van der Waals surface area contributed by atoms with Gasteiger partial charge in [-0.15, -0.1) is 11.8 Å². The fraction of sp³-hybridized carbons (Fsp3) is 0.167. The Labute approximate surface area is 162 Å². The van der Waals surface area contributed by atoms with Gasteiger partial charge in [-0.1, -0.05) is 15.9 Å². The van der Waals surface area contributed by atoms with E-state index in [0.29, 0.717) is 23.6 Å². The number of furan rings is 1. The molecule has 0 saturated heterocycles. The highest BCUT2D eigenvalue weighted by atomic mass is 79.9. The van der Waals surface area contributed by atoms with E-state index in [-0.39, 0.29) is 11.6 Å². The zero-order valence-corrected chi connectivity index (χ0v) is 16.2. The van der Waals surface area contributed by atoms with Crippen LogP contribution in [-0.2, 0) is 0 Å². The van der Waals surface area contributed by atoms with E-state index < -0.39 is 4.92 Å². The molecular weight excluding hydrogens is 420 g/mol. The number of fused-ring (bicyclic) bond motifs is 1. The topological polar surface area (TPSA) is 85.4 Å². The lowest BCUT2D eigenvalue weighted by Gasteiger charge is -2.04. The largest absolute Gasteiger partial charge is 0.451 e. The number of thioether (sulfide) groups is 1. The van der Waals surface area contributed by atoms with Crippen LogP contribution in [-0.4, -0.2) is 23.1 Å². The Morgan fingerprint density at radius 1 is 1.27 bits per heavy atom. The summed E-state index contributed by atoms with van der Waals surface area (Å²) in [6.07, 6.45) is 0. The van der Waals surface area contributed by atoms with Gasteiger partial charge in [0.15, 0.2) is 5.76 Å². The summed E-state index contributed by atoms with van der Waals surface area (Å²) < 4.78 is 6.59. The van der Waals surface area contributed by atoms with Crippen molar-refractivity contribution in [1.82, 2.24) is 5.32 Å². The first-order valence-corrected chi connectivity index (χ1v) is 9.57. The molecule has 1 heterocycles. The highest BCUT2D eigenvalue weighted by Gasteiger charge is 2.17. The Kier molecular flexibility index (Phi) is 5.63. The number of amides is 1. The van der Waals surface area contributed by atoms with E-state index in [0.717, 1.165) is 20.3 Å². The molecule has 0 unspecified atom stereocenters. The number of hydrogen-bond donors (Lipinski definition) is 1. The standard InChI is InChI=1S/C18H15BrN2O4S/c1-11-15-10-12(19)2-7-16(15)25-17(11)18(22)20-8-9-26-14-5-3-13(4-6-14)21(23)24/h2-7,10H,8-9H2,1H3,(H,20,22). The Bertz CT molecular complexity index is 969. The van der Waals surface area contributed by atoms with E-state index in [1.54, 1.807) is 12.1 Å². The Hall–Kier alpha value is -2.32. The van der Waals surface area contributed by atoms with Gasteiger partial charge in [-0.25, -0.2) is 0 Å². The fourth-order valence-electron chi connectivity index (χ4n) is 2.49. The molecule has 26 heavy (non-hydrogen) atoms. The van der Waals surface area contributed by atoms with Crippen LogP contribution in [0.4, 0.5) is 5.69 Å². The third kappa shape index (κ3) is 4.08. The SMILES string of the molecule is Cc1c(C(=O)NCCSc2ccc([N+](=O)[O-])cc2)oc2ccc(Br)cc12. The Morgan fingerprint density at radius 3 is 2.69 bits per heavy atom. The summed E-state index contributed by atoms with van der Waals surface area (Å²) in [4.78, 5) is 23.5. The smallest absolute Gasteiger partial charge is 0.287 e. The summed E-state index contributed by atoms with van der Waals surface area (Å²) >= 11 is 4.93. The van der Waals surface area contributed by atoms with Gasteiger partial charge in [0, 0.05) is 44.7 Å². The van der Waals surface area contributed by atoms with Gasteiger partial charge in [-0.05, 0) is 37.3 Å². The minimum atomic E-state index is -0.428. The van der Waals surface area contributed by atoms with Crippen molar-refractivity contribution in [2.45, 2.75) is 11.8 Å². The van der Waals surface area contributed by atoms with Crippen LogP contribution in [0.5, 0.6) is 0 Å². The van der Waals surface area contributed by atoms with Gasteiger partial charge < -0.3 is 9.73 Å². The first kappa shape index (κ1) is 18.5. The molecule has 2 aromatic carbocycles. The van der Waals surface area contributed by atoms with Gasteiger partial charge in [0.1, 0.15) is 5.58 Å². The molecule has 0 aliphatic rings. The molecule has 3 aromatic rings. The number of hydrogen-bond acceptors (Lipinski definition) is 5. The monoisotopic (exact) mass is 434 g/mol. The maximum absolute atomic E-state index is 12.4. The summed E-state index contributed by atoms with van der Waals surface area (Å²) in [6, 6.07) is 12.0. The molecule has 6 nitrogen and oxygen atoms in total. The Balaban J connectivity index is 1.56. The van der Waals surface area contributed by atoms with Crippen molar-refractivity contribution in [1.29, 1.82) is 0 Å². The van der Waals surface area contributed by atoms with Gasteiger partial charge >= 0.3 is 0 Å². The molecule has 134 valence electrons. The third-order valence-corrected chi connectivity index (χ3v) is 5.32. The Morgan fingerprint density at radius 2 is 2.00 bits per heavy atom. The second kappa shape index (κ2) is 7.92. The summed E-state index contributed by atoms with van der Waals surface area (Å²) in [7, 11) is 0. The van der Waals surface area contributed by atoms with Crippen LogP contribution in [0.15, 0.2) is 56.2 Å². The average molecular weight is 435 g/mol. The number of nitro groups is 1. The molecular formula is C18H15BrN2O4S. The fourth-order valence-corrected chi connectivity index (χ4v) is 3.62. The number of nitro benzene ring substituents is 1. The highest BCUT2D eigenvalue weighted by Crippen LogP contribution is 2.28. The summed E-state index contributed by atoms with van der Waals surface area (Å²) in [6.45, 7) is 2.32. The molecule has 0 aliphatic carbocycles. The van der Waals surface area contributed by atoms with E-state index in [4.69, 9.17) is 4.42 Å². The summed E-state index contributed by atoms with van der Waals surface area (Å²) in [5, 5.41) is 14.4. The number of nitrogens with zero attached hydrogens (tertiary/aromatic N) is 1. The first-order chi connectivity index (χ1) is 12.5. The lowest BCUT2D eigenvalue weighted by molar-refractivity contribution is -0.384. The van der Waals surface area contributed by atoms with Crippen molar-refractivity contribution in [3.05, 3.63) is 68.4 Å². The van der Waals surface area contributed by atoms with Gasteiger partial charge in [-0.3, -0.25) is 14.9 Å². The highest BCUT2D eigenvalue weighted by molar-refractivity contribution is 9.10. The summed E-state index contributed by atoms with van der Waals surface area (Å²) in [5.41, 5.74) is 1.55. The normalized spacial score (nSPS) is 10.8. The molecule has 0 radical (unpaired) electrons. The number of carbonyl (C=O) groups is 1. The third-order valence-electron chi connectivity index (χ3n) is 3.81. The van der Waals surface area contributed by atoms with Crippen molar-refractivity contribution in [3.8, 4) is 0 Å². The van der Waals surface area contributed by atoms with Crippen molar-refractivity contribution in [2.24, 2.45) is 0 Å². The maximum Gasteiger partial charge on any atom is 0.287 e. The molecule has 8 heteroatoms. The summed E-state index contributed by atoms with van der Waals surface area (Å²) in [5.74, 6) is 0.714. The molecule has 3 rings (SSSR count). The van der Waals surface area contributed by atoms with E-state index >= 15 is 0 Å². The number of aryl methyl sites for hydroxylation is 1. The van der Waals surface area contributed by atoms with Crippen molar-refractivity contribution < 1.29 is 14.1 Å². The van der Waals surface area contributed by atoms with Crippen molar-refractivity contribution in [2.75, 3.05) is 12.3 Å². The first-order valence-electron chi connectivity index (χ1n) is 7.80.